The number of nitrogen functional groups attached to an aromatic ring is 1. The Balaban J connectivity index is 1.70. The van der Waals surface area contributed by atoms with Crippen molar-refractivity contribution >= 4 is 35.8 Å². The number of nitrogens with zero attached hydrogens (tertiary/aromatic N) is 1. The molecule has 3 nitrogen and oxygen atoms in total. The Labute approximate surface area is 240 Å². The Morgan fingerprint density at radius 1 is 1.05 bits per heavy atom. The molecule has 2 N–H and O–H groups in total. The van der Waals surface area contributed by atoms with Crippen molar-refractivity contribution in [2.45, 2.75) is 70.8 Å². The van der Waals surface area contributed by atoms with Crippen molar-refractivity contribution in [3.8, 4) is 0 Å². The van der Waals surface area contributed by atoms with E-state index in [4.69, 9.17) is 10.2 Å². The number of hydrogen-bond acceptors (Lipinski definition) is 3. The molecule has 1 heterocycles. The van der Waals surface area contributed by atoms with Crippen LogP contribution in [0.4, 0.5) is 18.9 Å². The first-order valence-corrected chi connectivity index (χ1v) is 15.7. The van der Waals surface area contributed by atoms with Gasteiger partial charge >= 0.3 is 0 Å². The maximum absolute atomic E-state index is 16.4. The van der Waals surface area contributed by atoms with Gasteiger partial charge in [0.05, 0.1) is 12.6 Å². The van der Waals surface area contributed by atoms with E-state index in [1.165, 1.54) is 19.1 Å². The lowest BCUT2D eigenvalue weighted by Gasteiger charge is -2.45. The third-order valence-corrected chi connectivity index (χ3v) is 11.2. The molecule has 210 valence electrons. The smallest absolute Gasteiger partial charge is 0.213 e. The standard InChI is InChI=1S/C31H38BrF3N2OSi/c1-19-14-24-20(2)27(36)13-12-23(24)29(28-25(33)15-21(32)16-26(28)34)37(19)17-31(6,35)18-38-39(30(3,4)5)22-10-8-7-9-11-22/h7-13,15-16,19,29,39H,14,17-18,36H2,1-6H3/t19-,29+,31?,39?/m1/s1. The van der Waals surface area contributed by atoms with E-state index in [9.17, 15) is 0 Å². The molecule has 39 heavy (non-hydrogen) atoms. The van der Waals surface area contributed by atoms with Gasteiger partial charge in [0.25, 0.3) is 0 Å². The van der Waals surface area contributed by atoms with Crippen LogP contribution in [0.5, 0.6) is 0 Å². The fourth-order valence-corrected chi connectivity index (χ4v) is 8.89. The van der Waals surface area contributed by atoms with Gasteiger partial charge in [0.2, 0.25) is 9.04 Å². The second-order valence-corrected chi connectivity index (χ2v) is 16.5. The molecule has 0 fully saturated rings. The van der Waals surface area contributed by atoms with Crippen LogP contribution >= 0.6 is 15.9 Å². The minimum Gasteiger partial charge on any atom is -0.412 e. The van der Waals surface area contributed by atoms with Gasteiger partial charge in [-0.25, -0.2) is 13.2 Å². The van der Waals surface area contributed by atoms with Gasteiger partial charge in [-0.2, -0.15) is 0 Å². The van der Waals surface area contributed by atoms with Crippen molar-refractivity contribution in [3.63, 3.8) is 0 Å². The van der Waals surface area contributed by atoms with Crippen LogP contribution in [0.25, 0.3) is 0 Å². The second kappa shape index (κ2) is 11.4. The zero-order chi connectivity index (χ0) is 28.7. The van der Waals surface area contributed by atoms with Gasteiger partial charge in [-0.1, -0.05) is 73.1 Å². The molecule has 0 saturated carbocycles. The summed E-state index contributed by atoms with van der Waals surface area (Å²) in [5.74, 6) is -1.35. The molecule has 0 aliphatic carbocycles. The molecule has 0 radical (unpaired) electrons. The summed E-state index contributed by atoms with van der Waals surface area (Å²) in [5, 5.41) is 0.990. The molecule has 0 spiro atoms. The summed E-state index contributed by atoms with van der Waals surface area (Å²) in [5.41, 5.74) is 7.60. The summed E-state index contributed by atoms with van der Waals surface area (Å²) in [6, 6.07) is 15.1. The van der Waals surface area contributed by atoms with Gasteiger partial charge in [-0.15, -0.1) is 0 Å². The maximum atomic E-state index is 16.4. The predicted octanol–water partition coefficient (Wildman–Crippen LogP) is 7.13. The molecule has 8 heteroatoms. The highest BCUT2D eigenvalue weighted by Crippen LogP contribution is 2.43. The third kappa shape index (κ3) is 6.45. The van der Waals surface area contributed by atoms with E-state index in [0.717, 1.165) is 21.9 Å². The molecular formula is C31H38BrF3N2OSi. The van der Waals surface area contributed by atoms with Crippen LogP contribution in [0.3, 0.4) is 0 Å². The molecule has 4 rings (SSSR count). The van der Waals surface area contributed by atoms with Crippen molar-refractivity contribution in [1.82, 2.24) is 4.90 Å². The van der Waals surface area contributed by atoms with Crippen LogP contribution in [0.1, 0.15) is 62.9 Å². The number of rotatable bonds is 7. The van der Waals surface area contributed by atoms with Crippen molar-refractivity contribution in [2.24, 2.45) is 0 Å². The zero-order valence-corrected chi connectivity index (χ0v) is 26.2. The highest BCUT2D eigenvalue weighted by Gasteiger charge is 2.42. The van der Waals surface area contributed by atoms with Gasteiger partial charge < -0.3 is 10.2 Å². The Kier molecular flexibility index (Phi) is 8.72. The summed E-state index contributed by atoms with van der Waals surface area (Å²) < 4.78 is 54.0. The Bertz CT molecular complexity index is 1310. The average Bonchev–Trinajstić information content (AvgIpc) is 2.83. The molecule has 1 aliphatic rings. The lowest BCUT2D eigenvalue weighted by Crippen LogP contribution is -2.52. The first kappa shape index (κ1) is 29.8. The van der Waals surface area contributed by atoms with Gasteiger partial charge in [-0.05, 0) is 72.3 Å². The van der Waals surface area contributed by atoms with E-state index in [1.54, 1.807) is 6.07 Å². The summed E-state index contributed by atoms with van der Waals surface area (Å²) in [7, 11) is -2.01. The van der Waals surface area contributed by atoms with Crippen LogP contribution < -0.4 is 10.9 Å². The molecule has 0 saturated heterocycles. The summed E-state index contributed by atoms with van der Waals surface area (Å²) >= 11 is 3.19. The molecule has 2 unspecified atom stereocenters. The second-order valence-electron chi connectivity index (χ2n) is 12.1. The average molecular weight is 620 g/mol. The highest BCUT2D eigenvalue weighted by atomic mass is 79.9. The molecule has 0 amide bonds. The molecule has 3 aromatic carbocycles. The number of benzene rings is 3. The maximum Gasteiger partial charge on any atom is 0.213 e. The molecule has 0 aromatic heterocycles. The van der Waals surface area contributed by atoms with Crippen molar-refractivity contribution < 1.29 is 17.6 Å². The number of fused-ring (bicyclic) bond motifs is 1. The van der Waals surface area contributed by atoms with E-state index < -0.39 is 32.4 Å². The summed E-state index contributed by atoms with van der Waals surface area (Å²) in [6.07, 6.45) is 0.600. The van der Waals surface area contributed by atoms with Gasteiger partial charge in [0.1, 0.15) is 17.3 Å². The molecule has 4 atom stereocenters. The topological polar surface area (TPSA) is 38.5 Å². The van der Waals surface area contributed by atoms with Gasteiger partial charge in [0.15, 0.2) is 0 Å². The zero-order valence-electron chi connectivity index (χ0n) is 23.5. The minimum atomic E-state index is -2.01. The monoisotopic (exact) mass is 618 g/mol. The van der Waals surface area contributed by atoms with Crippen molar-refractivity contribution in [1.29, 1.82) is 0 Å². The molecular weight excluding hydrogens is 581 g/mol. The number of hydrogen-bond donors (Lipinski definition) is 1. The lowest BCUT2D eigenvalue weighted by molar-refractivity contribution is 0.0226. The fourth-order valence-electron chi connectivity index (χ4n) is 5.71. The van der Waals surface area contributed by atoms with Crippen molar-refractivity contribution in [3.05, 3.63) is 93.0 Å². The van der Waals surface area contributed by atoms with E-state index in [1.807, 2.05) is 55.1 Å². The number of alkyl halides is 1. The highest BCUT2D eigenvalue weighted by molar-refractivity contribution is 9.10. The van der Waals surface area contributed by atoms with Crippen LogP contribution in [0, 0.1) is 18.6 Å². The Morgan fingerprint density at radius 2 is 1.67 bits per heavy atom. The molecule has 0 bridgehead atoms. The lowest BCUT2D eigenvalue weighted by atomic mass is 9.81. The SMILES string of the molecule is Cc1c(N)ccc2c1C[C@@H](C)N(CC(C)(F)CO[SiH](c1ccccc1)C(C)(C)C)[C@@H]2c1c(F)cc(Br)cc1F. The van der Waals surface area contributed by atoms with Crippen LogP contribution in [0.2, 0.25) is 5.04 Å². The summed E-state index contributed by atoms with van der Waals surface area (Å²) in [4.78, 5) is 1.88. The van der Waals surface area contributed by atoms with Crippen molar-refractivity contribution in [2.75, 3.05) is 18.9 Å². The first-order valence-electron chi connectivity index (χ1n) is 13.3. The Hall–Kier alpha value is -2.13. The van der Waals surface area contributed by atoms with E-state index in [2.05, 4.69) is 36.7 Å². The van der Waals surface area contributed by atoms with E-state index in [0.29, 0.717) is 16.6 Å². The van der Waals surface area contributed by atoms with E-state index in [-0.39, 0.29) is 29.8 Å². The van der Waals surface area contributed by atoms with Gasteiger partial charge in [-0.3, -0.25) is 4.90 Å². The normalized spacial score (nSPS) is 20.4. The quantitative estimate of drug-likeness (QED) is 0.226. The Morgan fingerprint density at radius 3 is 2.26 bits per heavy atom. The fraction of sp³-hybridized carbons (Fsp3) is 0.419. The third-order valence-electron chi connectivity index (χ3n) is 7.64. The minimum absolute atomic E-state index is 0.0449. The van der Waals surface area contributed by atoms with Crippen LogP contribution in [-0.2, 0) is 10.8 Å². The summed E-state index contributed by atoms with van der Waals surface area (Å²) in [6.45, 7) is 11.6. The number of anilines is 1. The van der Waals surface area contributed by atoms with Crippen LogP contribution in [-0.4, -0.2) is 38.8 Å². The van der Waals surface area contributed by atoms with E-state index >= 15 is 13.2 Å². The predicted molar refractivity (Wildman–Crippen MR) is 160 cm³/mol. The van der Waals surface area contributed by atoms with Gasteiger partial charge in [0, 0.05) is 28.3 Å². The largest absolute Gasteiger partial charge is 0.412 e. The molecule has 3 aromatic rings. The number of halogens is 4. The van der Waals surface area contributed by atoms with Crippen LogP contribution in [0.15, 0.2) is 59.1 Å². The molecule has 1 aliphatic heterocycles. The first-order chi connectivity index (χ1) is 18.2. The number of nitrogens with two attached hydrogens (primary N) is 1.